The quantitative estimate of drug-likeness (QED) is 0.800. The number of aryl methyl sites for hydroxylation is 1. The molecule has 3 rings (SSSR count). The first-order valence-electron chi connectivity index (χ1n) is 7.68. The van der Waals surface area contributed by atoms with Crippen molar-refractivity contribution in [3.8, 4) is 5.69 Å². The van der Waals surface area contributed by atoms with Crippen LogP contribution in [0.5, 0.6) is 0 Å². The molecule has 0 unspecified atom stereocenters. The predicted molar refractivity (Wildman–Crippen MR) is 88.8 cm³/mol. The van der Waals surface area contributed by atoms with E-state index in [0.29, 0.717) is 0 Å². The molecule has 1 aliphatic rings. The summed E-state index contributed by atoms with van der Waals surface area (Å²) in [5.74, 6) is 0. The van der Waals surface area contributed by atoms with Crippen molar-refractivity contribution in [3.63, 3.8) is 0 Å². The summed E-state index contributed by atoms with van der Waals surface area (Å²) in [7, 11) is -0.371. The van der Waals surface area contributed by atoms with E-state index in [0.717, 1.165) is 11.2 Å². The van der Waals surface area contributed by atoms with Crippen LogP contribution in [0, 0.1) is 13.8 Å². The predicted octanol–water partition coefficient (Wildman–Crippen LogP) is 2.79. The van der Waals surface area contributed by atoms with Crippen LogP contribution in [-0.2, 0) is 9.31 Å². The topological polar surface area (TPSA) is 36.3 Å². The van der Waals surface area contributed by atoms with Crippen LogP contribution in [0.3, 0.4) is 0 Å². The number of hydrogen-bond donors (Lipinski definition) is 0. The Hall–Kier alpha value is -1.59. The van der Waals surface area contributed by atoms with Crippen LogP contribution in [0.2, 0.25) is 0 Å². The van der Waals surface area contributed by atoms with Gasteiger partial charge in [0.1, 0.15) is 0 Å². The second kappa shape index (κ2) is 4.96. The van der Waals surface area contributed by atoms with E-state index >= 15 is 0 Å². The molecular formula is C17H23BN2O2. The molecule has 0 aliphatic carbocycles. The molecule has 4 nitrogen and oxygen atoms in total. The Labute approximate surface area is 132 Å². The third-order valence-corrected chi connectivity index (χ3v) is 4.95. The van der Waals surface area contributed by atoms with Crippen LogP contribution < -0.4 is 5.46 Å². The molecule has 2 heterocycles. The van der Waals surface area contributed by atoms with Crippen LogP contribution >= 0.6 is 0 Å². The molecule has 2 aromatic rings. The molecule has 5 heteroatoms. The normalized spacial score (nSPS) is 19.6. The van der Waals surface area contributed by atoms with Gasteiger partial charge in [-0.3, -0.25) is 0 Å². The van der Waals surface area contributed by atoms with Crippen LogP contribution in [0.25, 0.3) is 5.69 Å². The van der Waals surface area contributed by atoms with Crippen LogP contribution in [0.15, 0.2) is 30.6 Å². The van der Waals surface area contributed by atoms with Crippen molar-refractivity contribution in [1.82, 2.24) is 9.78 Å². The minimum atomic E-state index is -0.371. The Bertz CT molecular complexity index is 690. The van der Waals surface area contributed by atoms with Gasteiger partial charge in [-0.2, -0.15) is 5.10 Å². The molecule has 1 aromatic heterocycles. The van der Waals surface area contributed by atoms with E-state index in [1.54, 1.807) is 0 Å². The fourth-order valence-corrected chi connectivity index (χ4v) is 2.55. The van der Waals surface area contributed by atoms with Crippen molar-refractivity contribution in [2.75, 3.05) is 0 Å². The summed E-state index contributed by atoms with van der Waals surface area (Å²) in [6.07, 6.45) is 3.81. The van der Waals surface area contributed by atoms with Crippen molar-refractivity contribution >= 4 is 12.6 Å². The van der Waals surface area contributed by atoms with Crippen molar-refractivity contribution in [2.24, 2.45) is 0 Å². The van der Waals surface area contributed by atoms with Crippen LogP contribution in [-0.4, -0.2) is 28.1 Å². The Balaban J connectivity index is 1.91. The van der Waals surface area contributed by atoms with E-state index in [9.17, 15) is 0 Å². The molecule has 0 atom stereocenters. The summed E-state index contributed by atoms with van der Waals surface area (Å²) < 4.78 is 14.0. The van der Waals surface area contributed by atoms with Crippen LogP contribution in [0.4, 0.5) is 0 Å². The summed E-state index contributed by atoms with van der Waals surface area (Å²) in [6.45, 7) is 12.5. The van der Waals surface area contributed by atoms with Gasteiger partial charge in [0.25, 0.3) is 0 Å². The van der Waals surface area contributed by atoms with E-state index < -0.39 is 0 Å². The molecule has 0 radical (unpaired) electrons. The number of hydrogen-bond acceptors (Lipinski definition) is 3. The molecule has 0 amide bonds. The van der Waals surface area contributed by atoms with Gasteiger partial charge in [0.15, 0.2) is 0 Å². The average molecular weight is 298 g/mol. The lowest BCUT2D eigenvalue weighted by molar-refractivity contribution is 0.00578. The first kappa shape index (κ1) is 15.3. The minimum absolute atomic E-state index is 0.334. The molecule has 0 saturated carbocycles. The standard InChI is InChI=1S/C17H23BN2O2/c1-12-8-7-9-15(13(12)2)20-11-14(10-19-20)18-21-16(3,4)17(5,6)22-18/h7-11H,1-6H3. The van der Waals surface area contributed by atoms with Gasteiger partial charge in [-0.05, 0) is 58.7 Å². The largest absolute Gasteiger partial charge is 0.498 e. The van der Waals surface area contributed by atoms with Gasteiger partial charge in [-0.15, -0.1) is 0 Å². The molecule has 0 spiro atoms. The van der Waals surface area contributed by atoms with Crippen LogP contribution in [0.1, 0.15) is 38.8 Å². The minimum Gasteiger partial charge on any atom is -0.399 e. The SMILES string of the molecule is Cc1cccc(-n2cc(B3OC(C)(C)C(C)(C)O3)cn2)c1C. The lowest BCUT2D eigenvalue weighted by Crippen LogP contribution is -2.41. The van der Waals surface area contributed by atoms with Gasteiger partial charge in [0, 0.05) is 17.9 Å². The highest BCUT2D eigenvalue weighted by Gasteiger charge is 2.52. The molecule has 1 aliphatic heterocycles. The lowest BCUT2D eigenvalue weighted by atomic mass is 9.82. The van der Waals surface area contributed by atoms with Gasteiger partial charge >= 0.3 is 7.12 Å². The van der Waals surface area contributed by atoms with Crippen molar-refractivity contribution in [2.45, 2.75) is 52.7 Å². The Kier molecular flexibility index (Phi) is 3.46. The lowest BCUT2D eigenvalue weighted by Gasteiger charge is -2.32. The van der Waals surface area contributed by atoms with Gasteiger partial charge < -0.3 is 9.31 Å². The monoisotopic (exact) mass is 298 g/mol. The molecule has 1 fully saturated rings. The summed E-state index contributed by atoms with van der Waals surface area (Å²) in [4.78, 5) is 0. The molecular weight excluding hydrogens is 275 g/mol. The number of aromatic nitrogens is 2. The van der Waals surface area contributed by atoms with Gasteiger partial charge in [0.05, 0.1) is 16.9 Å². The van der Waals surface area contributed by atoms with E-state index in [1.165, 1.54) is 11.1 Å². The van der Waals surface area contributed by atoms with Gasteiger partial charge in [-0.1, -0.05) is 12.1 Å². The molecule has 0 bridgehead atoms. The second-order valence-corrected chi connectivity index (χ2v) is 7.03. The molecule has 0 N–H and O–H groups in total. The van der Waals surface area contributed by atoms with E-state index in [2.05, 4.69) is 58.8 Å². The average Bonchev–Trinajstić information content (AvgIpc) is 2.97. The van der Waals surface area contributed by atoms with Crippen molar-refractivity contribution < 1.29 is 9.31 Å². The fraction of sp³-hybridized carbons (Fsp3) is 0.471. The zero-order chi connectivity index (χ0) is 16.1. The first-order chi connectivity index (χ1) is 10.2. The van der Waals surface area contributed by atoms with Gasteiger partial charge in [-0.25, -0.2) is 4.68 Å². The third kappa shape index (κ3) is 2.38. The maximum Gasteiger partial charge on any atom is 0.498 e. The van der Waals surface area contributed by atoms with Crippen molar-refractivity contribution in [3.05, 3.63) is 41.7 Å². The summed E-state index contributed by atoms with van der Waals surface area (Å²) in [5.41, 5.74) is 3.84. The second-order valence-electron chi connectivity index (χ2n) is 7.03. The number of nitrogens with zero attached hydrogens (tertiary/aromatic N) is 2. The fourth-order valence-electron chi connectivity index (χ4n) is 2.55. The highest BCUT2D eigenvalue weighted by Crippen LogP contribution is 2.36. The maximum absolute atomic E-state index is 6.08. The highest BCUT2D eigenvalue weighted by atomic mass is 16.7. The van der Waals surface area contributed by atoms with Crippen molar-refractivity contribution in [1.29, 1.82) is 0 Å². The summed E-state index contributed by atoms with van der Waals surface area (Å²) in [6, 6.07) is 6.23. The van der Waals surface area contributed by atoms with E-state index in [4.69, 9.17) is 9.31 Å². The number of rotatable bonds is 2. The summed E-state index contributed by atoms with van der Waals surface area (Å²) in [5, 5.41) is 4.49. The zero-order valence-electron chi connectivity index (χ0n) is 14.2. The third-order valence-electron chi connectivity index (χ3n) is 4.95. The number of benzene rings is 1. The first-order valence-corrected chi connectivity index (χ1v) is 7.68. The smallest absolute Gasteiger partial charge is 0.399 e. The highest BCUT2D eigenvalue weighted by molar-refractivity contribution is 6.62. The Morgan fingerprint density at radius 3 is 2.32 bits per heavy atom. The maximum atomic E-state index is 6.08. The molecule has 1 saturated heterocycles. The Morgan fingerprint density at radius 2 is 1.68 bits per heavy atom. The molecule has 22 heavy (non-hydrogen) atoms. The zero-order valence-corrected chi connectivity index (χ0v) is 14.2. The summed E-state index contributed by atoms with van der Waals surface area (Å²) >= 11 is 0. The van der Waals surface area contributed by atoms with E-state index in [-0.39, 0.29) is 18.3 Å². The molecule has 1 aromatic carbocycles. The Morgan fingerprint density at radius 1 is 1.05 bits per heavy atom. The van der Waals surface area contributed by atoms with E-state index in [1.807, 2.05) is 23.1 Å². The van der Waals surface area contributed by atoms with Gasteiger partial charge in [0.2, 0.25) is 0 Å². The molecule has 116 valence electrons.